The first-order valence-electron chi connectivity index (χ1n) is 7.19. The number of guanidine groups is 1. The van der Waals surface area contributed by atoms with Crippen LogP contribution in [0.1, 0.15) is 11.1 Å². The van der Waals surface area contributed by atoms with Gasteiger partial charge in [0.05, 0.1) is 4.90 Å². The molecule has 0 radical (unpaired) electrons. The fraction of sp³-hybridized carbons (Fsp3) is 0.188. The summed E-state index contributed by atoms with van der Waals surface area (Å²) in [5, 5.41) is 11.3. The van der Waals surface area contributed by atoms with E-state index in [0.717, 1.165) is 11.1 Å². The van der Waals surface area contributed by atoms with Crippen LogP contribution in [0.5, 0.6) is 0 Å². The Morgan fingerprint density at radius 3 is 2.24 bits per heavy atom. The molecule has 0 aliphatic rings. The second-order valence-electron chi connectivity index (χ2n) is 5.10. The Kier molecular flexibility index (Phi) is 8.26. The molecule has 2 rings (SSSR count). The van der Waals surface area contributed by atoms with Crippen molar-refractivity contribution < 1.29 is 12.8 Å². The van der Waals surface area contributed by atoms with Crippen LogP contribution in [0.3, 0.4) is 0 Å². The summed E-state index contributed by atoms with van der Waals surface area (Å²) in [5.74, 6) is 0.260. The Labute approximate surface area is 163 Å². The van der Waals surface area contributed by atoms with Crippen molar-refractivity contribution in [3.05, 3.63) is 65.5 Å². The molecular formula is C16H20FIN4O2S. The molecule has 136 valence electrons. The number of nitrogens with one attached hydrogen (secondary N) is 2. The van der Waals surface area contributed by atoms with Gasteiger partial charge in [0.15, 0.2) is 5.96 Å². The quantitative estimate of drug-likeness (QED) is 0.348. The van der Waals surface area contributed by atoms with Crippen LogP contribution in [-0.4, -0.2) is 21.4 Å². The maximum absolute atomic E-state index is 12.9. The molecule has 4 N–H and O–H groups in total. The summed E-state index contributed by atoms with van der Waals surface area (Å²) in [6.45, 7) is 0.865. The highest BCUT2D eigenvalue weighted by molar-refractivity contribution is 14.0. The highest BCUT2D eigenvalue weighted by Crippen LogP contribution is 2.09. The first kappa shape index (κ1) is 21.3. The van der Waals surface area contributed by atoms with Crippen LogP contribution >= 0.6 is 24.0 Å². The number of nitrogens with two attached hydrogens (primary N) is 1. The molecule has 0 saturated carbocycles. The summed E-state index contributed by atoms with van der Waals surface area (Å²) in [6.07, 6.45) is 0. The van der Waals surface area contributed by atoms with E-state index < -0.39 is 10.0 Å². The first-order chi connectivity index (χ1) is 11.4. The fourth-order valence-corrected chi connectivity index (χ4v) is 2.61. The Morgan fingerprint density at radius 2 is 1.68 bits per heavy atom. The Hall–Kier alpha value is -1.72. The van der Waals surface area contributed by atoms with Gasteiger partial charge in [-0.3, -0.25) is 4.99 Å². The van der Waals surface area contributed by atoms with Gasteiger partial charge >= 0.3 is 0 Å². The predicted octanol–water partition coefficient (Wildman–Crippen LogP) is 1.96. The van der Waals surface area contributed by atoms with Crippen LogP contribution in [0.25, 0.3) is 0 Å². The van der Waals surface area contributed by atoms with Crippen molar-refractivity contribution in [1.82, 2.24) is 10.6 Å². The lowest BCUT2D eigenvalue weighted by Gasteiger charge is -2.12. The highest BCUT2D eigenvalue weighted by atomic mass is 127. The molecule has 0 aromatic heterocycles. The molecule has 0 spiro atoms. The second-order valence-corrected chi connectivity index (χ2v) is 6.66. The summed E-state index contributed by atoms with van der Waals surface area (Å²) < 4.78 is 35.6. The van der Waals surface area contributed by atoms with Gasteiger partial charge in [-0.05, 0) is 35.4 Å². The topological polar surface area (TPSA) is 96.6 Å². The minimum absolute atomic E-state index is 0. The van der Waals surface area contributed by atoms with Crippen molar-refractivity contribution in [1.29, 1.82) is 0 Å². The number of halogens is 2. The normalized spacial score (nSPS) is 11.6. The first-order valence-corrected chi connectivity index (χ1v) is 8.74. The number of hydrogen-bond donors (Lipinski definition) is 3. The van der Waals surface area contributed by atoms with Gasteiger partial charge in [-0.25, -0.2) is 17.9 Å². The molecule has 0 aliphatic heterocycles. The number of benzene rings is 2. The van der Waals surface area contributed by atoms with E-state index in [1.165, 1.54) is 24.3 Å². The lowest BCUT2D eigenvalue weighted by atomic mass is 10.2. The summed E-state index contributed by atoms with van der Waals surface area (Å²) in [4.78, 5) is 4.15. The molecule has 0 amide bonds. The van der Waals surface area contributed by atoms with E-state index in [-0.39, 0.29) is 34.7 Å². The molecule has 0 aliphatic carbocycles. The molecule has 0 unspecified atom stereocenters. The van der Waals surface area contributed by atoms with Crippen molar-refractivity contribution in [3.8, 4) is 0 Å². The second kappa shape index (κ2) is 9.68. The maximum Gasteiger partial charge on any atom is 0.238 e. The molecule has 2 aromatic rings. The Balaban J connectivity index is 0.00000312. The third kappa shape index (κ3) is 6.96. The number of aliphatic imine (C=N–C) groups is 1. The average Bonchev–Trinajstić information content (AvgIpc) is 2.56. The largest absolute Gasteiger partial charge is 0.352 e. The van der Waals surface area contributed by atoms with Crippen LogP contribution in [0.15, 0.2) is 58.4 Å². The highest BCUT2D eigenvalue weighted by Gasteiger charge is 2.08. The third-order valence-corrected chi connectivity index (χ3v) is 4.19. The number of primary sulfonamides is 1. The monoisotopic (exact) mass is 478 g/mol. The van der Waals surface area contributed by atoms with Crippen LogP contribution in [0.4, 0.5) is 4.39 Å². The standard InChI is InChI=1S/C16H19FN4O2S.HI/c1-19-16(20-10-12-5-7-14(17)8-6-12)21-11-13-3-2-4-15(9-13)24(18,22)23;/h2-9H,10-11H2,1H3,(H2,18,22,23)(H2,19,20,21);1H. The zero-order valence-electron chi connectivity index (χ0n) is 13.6. The van der Waals surface area contributed by atoms with Gasteiger partial charge in [-0.1, -0.05) is 24.3 Å². The van der Waals surface area contributed by atoms with Crippen molar-refractivity contribution in [2.75, 3.05) is 7.05 Å². The number of rotatable bonds is 5. The molecule has 0 bridgehead atoms. The minimum Gasteiger partial charge on any atom is -0.352 e. The van der Waals surface area contributed by atoms with E-state index in [2.05, 4.69) is 15.6 Å². The van der Waals surface area contributed by atoms with Crippen LogP contribution in [-0.2, 0) is 23.1 Å². The van der Waals surface area contributed by atoms with Gasteiger partial charge in [0, 0.05) is 20.1 Å². The van der Waals surface area contributed by atoms with E-state index >= 15 is 0 Å². The summed E-state index contributed by atoms with van der Waals surface area (Å²) >= 11 is 0. The van der Waals surface area contributed by atoms with Crippen molar-refractivity contribution in [2.24, 2.45) is 10.1 Å². The molecule has 0 atom stereocenters. The molecule has 6 nitrogen and oxygen atoms in total. The van der Waals surface area contributed by atoms with Gasteiger partial charge < -0.3 is 10.6 Å². The van der Waals surface area contributed by atoms with Crippen LogP contribution in [0.2, 0.25) is 0 Å². The smallest absolute Gasteiger partial charge is 0.238 e. The SMILES string of the molecule is CN=C(NCc1ccc(F)cc1)NCc1cccc(S(N)(=O)=O)c1.I. The van der Waals surface area contributed by atoms with Crippen LogP contribution in [0, 0.1) is 5.82 Å². The minimum atomic E-state index is -3.72. The van der Waals surface area contributed by atoms with Crippen molar-refractivity contribution in [2.45, 2.75) is 18.0 Å². The van der Waals surface area contributed by atoms with Gasteiger partial charge in [0.25, 0.3) is 0 Å². The van der Waals surface area contributed by atoms with Crippen molar-refractivity contribution >= 4 is 40.0 Å². The number of nitrogens with zero attached hydrogens (tertiary/aromatic N) is 1. The molecule has 9 heteroatoms. The van der Waals surface area contributed by atoms with Gasteiger partial charge in [-0.2, -0.15) is 0 Å². The third-order valence-electron chi connectivity index (χ3n) is 3.28. The van der Waals surface area contributed by atoms with E-state index in [1.54, 1.807) is 31.3 Å². The van der Waals surface area contributed by atoms with Gasteiger partial charge in [-0.15, -0.1) is 24.0 Å². The van der Waals surface area contributed by atoms with E-state index in [1.807, 2.05) is 0 Å². The average molecular weight is 478 g/mol. The molecule has 0 heterocycles. The summed E-state index contributed by atoms with van der Waals surface area (Å²) in [7, 11) is -2.10. The number of hydrogen-bond acceptors (Lipinski definition) is 3. The van der Waals surface area contributed by atoms with E-state index in [0.29, 0.717) is 19.0 Å². The predicted molar refractivity (Wildman–Crippen MR) is 107 cm³/mol. The fourth-order valence-electron chi connectivity index (χ4n) is 2.03. The zero-order chi connectivity index (χ0) is 17.6. The van der Waals surface area contributed by atoms with Gasteiger partial charge in [0.2, 0.25) is 10.0 Å². The molecule has 0 fully saturated rings. The molecule has 0 saturated heterocycles. The maximum atomic E-state index is 12.9. The van der Waals surface area contributed by atoms with E-state index in [9.17, 15) is 12.8 Å². The molecule has 25 heavy (non-hydrogen) atoms. The van der Waals surface area contributed by atoms with E-state index in [4.69, 9.17) is 5.14 Å². The van der Waals surface area contributed by atoms with Crippen LogP contribution < -0.4 is 15.8 Å². The lowest BCUT2D eigenvalue weighted by molar-refractivity contribution is 0.597. The van der Waals surface area contributed by atoms with Crippen molar-refractivity contribution in [3.63, 3.8) is 0 Å². The zero-order valence-corrected chi connectivity index (χ0v) is 16.7. The summed E-state index contributed by atoms with van der Waals surface area (Å²) in [6, 6.07) is 12.5. The summed E-state index contributed by atoms with van der Waals surface area (Å²) in [5.41, 5.74) is 1.67. The Morgan fingerprint density at radius 1 is 1.08 bits per heavy atom. The van der Waals surface area contributed by atoms with Gasteiger partial charge in [0.1, 0.15) is 5.82 Å². The number of sulfonamides is 1. The molecular weight excluding hydrogens is 458 g/mol. The Bertz CT molecular complexity index is 826. The lowest BCUT2D eigenvalue weighted by Crippen LogP contribution is -2.36. The molecule has 2 aromatic carbocycles.